The minimum Gasteiger partial charge on any atom is -0.354 e. The third kappa shape index (κ3) is 4.40. The predicted octanol–water partition coefficient (Wildman–Crippen LogP) is 2.77. The molecule has 4 rings (SSSR count). The van der Waals surface area contributed by atoms with Crippen molar-refractivity contribution in [3.63, 3.8) is 0 Å². The fourth-order valence-electron chi connectivity index (χ4n) is 3.28. The molecule has 0 atom stereocenters. The topological polar surface area (TPSA) is 61.4 Å². The van der Waals surface area contributed by atoms with Crippen LogP contribution in [0.2, 0.25) is 0 Å². The molecule has 0 bridgehead atoms. The van der Waals surface area contributed by atoms with Gasteiger partial charge in [-0.05, 0) is 37.7 Å². The number of aromatic nitrogens is 2. The third-order valence-electron chi connectivity index (χ3n) is 4.79. The Bertz CT molecular complexity index is 946. The summed E-state index contributed by atoms with van der Waals surface area (Å²) in [6, 6.07) is 7.96. The average molecular weight is 412 g/mol. The number of nitrogens with zero attached hydrogens (tertiary/aromatic N) is 4. The number of thioether (sulfide) groups is 1. The van der Waals surface area contributed by atoms with Crippen LogP contribution in [0.25, 0.3) is 17.3 Å². The second-order valence-corrected chi connectivity index (χ2v) is 8.60. The molecule has 2 aliphatic rings. The first-order chi connectivity index (χ1) is 13.6. The van der Waals surface area contributed by atoms with Crippen molar-refractivity contribution in [3.05, 3.63) is 47.1 Å². The van der Waals surface area contributed by atoms with Gasteiger partial charge in [0.15, 0.2) is 0 Å². The van der Waals surface area contributed by atoms with Crippen molar-refractivity contribution in [3.8, 4) is 11.3 Å². The van der Waals surface area contributed by atoms with E-state index in [0.717, 1.165) is 55.2 Å². The number of thiocarbonyl (C=S) groups is 1. The monoisotopic (exact) mass is 411 g/mol. The molecule has 2 aromatic rings. The van der Waals surface area contributed by atoms with Crippen molar-refractivity contribution >= 4 is 46.1 Å². The highest BCUT2D eigenvalue weighted by molar-refractivity contribution is 8.26. The zero-order valence-corrected chi connectivity index (χ0v) is 17.2. The maximum Gasteiger partial charge on any atom is 0.263 e. The van der Waals surface area contributed by atoms with Crippen LogP contribution < -0.4 is 10.2 Å². The predicted molar refractivity (Wildman–Crippen MR) is 118 cm³/mol. The number of amides is 1. The smallest absolute Gasteiger partial charge is 0.263 e. The van der Waals surface area contributed by atoms with E-state index in [1.54, 1.807) is 6.20 Å². The number of carbonyl (C=O) groups excluding carboxylic acids is 1. The van der Waals surface area contributed by atoms with Crippen LogP contribution in [0.5, 0.6) is 0 Å². The lowest BCUT2D eigenvalue weighted by Crippen LogP contribution is -2.29. The van der Waals surface area contributed by atoms with Crippen molar-refractivity contribution in [2.24, 2.45) is 0 Å². The summed E-state index contributed by atoms with van der Waals surface area (Å²) in [7, 11) is 2.15. The van der Waals surface area contributed by atoms with Gasteiger partial charge in [-0.2, -0.15) is 0 Å². The number of rotatable bonds is 3. The number of benzene rings is 1. The second kappa shape index (κ2) is 8.38. The maximum atomic E-state index is 11.9. The van der Waals surface area contributed by atoms with E-state index < -0.39 is 0 Å². The molecule has 1 aromatic heterocycles. The van der Waals surface area contributed by atoms with E-state index in [2.05, 4.69) is 27.1 Å². The Morgan fingerprint density at radius 1 is 1.21 bits per heavy atom. The Hall–Kier alpha value is -2.29. The molecule has 0 aliphatic carbocycles. The van der Waals surface area contributed by atoms with Crippen molar-refractivity contribution in [1.29, 1.82) is 0 Å². The fraction of sp³-hybridized carbons (Fsp3) is 0.300. The second-order valence-electron chi connectivity index (χ2n) is 6.88. The van der Waals surface area contributed by atoms with E-state index in [9.17, 15) is 4.79 Å². The minimum atomic E-state index is -0.145. The molecule has 1 aromatic carbocycles. The van der Waals surface area contributed by atoms with Crippen LogP contribution in [0.4, 0.5) is 5.82 Å². The van der Waals surface area contributed by atoms with Gasteiger partial charge in [0.1, 0.15) is 10.1 Å². The molecule has 2 aliphatic heterocycles. The van der Waals surface area contributed by atoms with Crippen LogP contribution in [-0.4, -0.2) is 58.3 Å². The molecule has 6 nitrogen and oxygen atoms in total. The average Bonchev–Trinajstić information content (AvgIpc) is 2.88. The largest absolute Gasteiger partial charge is 0.354 e. The first-order valence-electron chi connectivity index (χ1n) is 9.19. The van der Waals surface area contributed by atoms with Gasteiger partial charge in [0.05, 0.1) is 23.0 Å². The lowest BCUT2D eigenvalue weighted by molar-refractivity contribution is -0.115. The summed E-state index contributed by atoms with van der Waals surface area (Å²) in [4.78, 5) is 26.4. The molecule has 0 saturated carbocycles. The van der Waals surface area contributed by atoms with E-state index in [1.807, 2.05) is 36.5 Å². The molecule has 1 amide bonds. The van der Waals surface area contributed by atoms with Crippen LogP contribution in [0.3, 0.4) is 0 Å². The van der Waals surface area contributed by atoms with Gasteiger partial charge in [-0.15, -0.1) is 0 Å². The summed E-state index contributed by atoms with van der Waals surface area (Å²) in [6.45, 7) is 4.07. The summed E-state index contributed by atoms with van der Waals surface area (Å²) in [6.07, 6.45) is 6.59. The molecule has 3 heterocycles. The van der Waals surface area contributed by atoms with Gasteiger partial charge in [0.2, 0.25) is 0 Å². The van der Waals surface area contributed by atoms with E-state index in [1.165, 1.54) is 11.8 Å². The molecule has 144 valence electrons. The molecule has 28 heavy (non-hydrogen) atoms. The van der Waals surface area contributed by atoms with Crippen LogP contribution in [0.1, 0.15) is 12.0 Å². The molecule has 8 heteroatoms. The van der Waals surface area contributed by atoms with Crippen LogP contribution in [0, 0.1) is 0 Å². The molecule has 2 saturated heterocycles. The third-order valence-corrected chi connectivity index (χ3v) is 5.95. The maximum absolute atomic E-state index is 11.9. The normalized spacial score (nSPS) is 19.8. The highest BCUT2D eigenvalue weighted by Crippen LogP contribution is 2.27. The Balaban J connectivity index is 1.59. The SMILES string of the molecule is CN1CCCN(c2cncc(-c3cccc(/C=C4\SC(=S)NC4=O)c3)n2)CC1. The lowest BCUT2D eigenvalue weighted by atomic mass is 10.1. The van der Waals surface area contributed by atoms with Gasteiger partial charge in [-0.1, -0.05) is 42.2 Å². The Morgan fingerprint density at radius 3 is 2.93 bits per heavy atom. The molecule has 0 radical (unpaired) electrons. The summed E-state index contributed by atoms with van der Waals surface area (Å²) in [5, 5.41) is 2.64. The summed E-state index contributed by atoms with van der Waals surface area (Å²) >= 11 is 6.34. The van der Waals surface area contributed by atoms with Gasteiger partial charge in [-0.25, -0.2) is 4.98 Å². The summed E-state index contributed by atoms with van der Waals surface area (Å²) < 4.78 is 0.495. The van der Waals surface area contributed by atoms with Crippen LogP contribution in [-0.2, 0) is 4.79 Å². The highest BCUT2D eigenvalue weighted by Gasteiger charge is 2.22. The molecule has 2 fully saturated rings. The number of hydrogen-bond acceptors (Lipinski definition) is 7. The molecular weight excluding hydrogens is 390 g/mol. The van der Waals surface area contributed by atoms with Crippen molar-refractivity contribution in [2.75, 3.05) is 38.1 Å². The van der Waals surface area contributed by atoms with Gasteiger partial charge in [-0.3, -0.25) is 9.78 Å². The van der Waals surface area contributed by atoms with E-state index in [4.69, 9.17) is 17.2 Å². The van der Waals surface area contributed by atoms with Crippen LogP contribution in [0.15, 0.2) is 41.6 Å². The first-order valence-corrected chi connectivity index (χ1v) is 10.4. The number of nitrogens with one attached hydrogen (secondary N) is 1. The van der Waals surface area contributed by atoms with Crippen molar-refractivity contribution < 1.29 is 4.79 Å². The van der Waals surface area contributed by atoms with Gasteiger partial charge in [0, 0.05) is 25.2 Å². The standard InChI is InChI=1S/C20H21N5OS2/c1-24-6-3-7-25(9-8-24)18-13-21-12-16(22-18)15-5-2-4-14(10-15)11-17-19(26)23-20(27)28-17/h2,4-5,10-13H,3,6-9H2,1H3,(H,23,26,27)/b17-11-. The Labute approximate surface area is 174 Å². The van der Waals surface area contributed by atoms with E-state index >= 15 is 0 Å². The summed E-state index contributed by atoms with van der Waals surface area (Å²) in [5.41, 5.74) is 2.74. The molecular formula is C20H21N5OS2. The van der Waals surface area contributed by atoms with Crippen molar-refractivity contribution in [2.45, 2.75) is 6.42 Å². The zero-order chi connectivity index (χ0) is 19.5. The number of carbonyl (C=O) groups is 1. The molecule has 1 N–H and O–H groups in total. The van der Waals surface area contributed by atoms with Crippen molar-refractivity contribution in [1.82, 2.24) is 20.2 Å². The van der Waals surface area contributed by atoms with E-state index in [-0.39, 0.29) is 5.91 Å². The Kier molecular flexibility index (Phi) is 5.70. The minimum absolute atomic E-state index is 0.145. The van der Waals surface area contributed by atoms with Gasteiger partial charge in [0.25, 0.3) is 5.91 Å². The molecule has 0 unspecified atom stereocenters. The zero-order valence-electron chi connectivity index (χ0n) is 15.6. The first kappa shape index (κ1) is 19.0. The highest BCUT2D eigenvalue weighted by atomic mass is 32.2. The number of hydrogen-bond donors (Lipinski definition) is 1. The Morgan fingerprint density at radius 2 is 2.11 bits per heavy atom. The van der Waals surface area contributed by atoms with Gasteiger partial charge < -0.3 is 15.1 Å². The fourth-order valence-corrected chi connectivity index (χ4v) is 4.33. The van der Waals surface area contributed by atoms with Gasteiger partial charge >= 0.3 is 0 Å². The van der Waals surface area contributed by atoms with Crippen LogP contribution >= 0.6 is 24.0 Å². The quantitative estimate of drug-likeness (QED) is 0.616. The summed E-state index contributed by atoms with van der Waals surface area (Å²) in [5.74, 6) is 0.765. The van der Waals surface area contributed by atoms with E-state index in [0.29, 0.717) is 9.23 Å². The molecule has 0 spiro atoms. The number of likely N-dealkylation sites (N-methyl/N-ethyl adjacent to an activating group) is 1. The number of anilines is 1. The lowest BCUT2D eigenvalue weighted by Gasteiger charge is -2.21.